The zero-order chi connectivity index (χ0) is 14.3. The number of aryl methyl sites for hydroxylation is 1. The van der Waals surface area contributed by atoms with Crippen molar-refractivity contribution < 1.29 is 9.90 Å². The number of aromatic amines is 1. The summed E-state index contributed by atoms with van der Waals surface area (Å²) in [5, 5.41) is 10.2. The number of hydrogen-bond acceptors (Lipinski definition) is 1. The Kier molecular flexibility index (Phi) is 2.99. The van der Waals surface area contributed by atoms with Crippen LogP contribution in [0.4, 0.5) is 0 Å². The fourth-order valence-electron chi connectivity index (χ4n) is 2.21. The quantitative estimate of drug-likeness (QED) is 0.728. The van der Waals surface area contributed by atoms with E-state index >= 15 is 0 Å². The van der Waals surface area contributed by atoms with Crippen LogP contribution in [0.25, 0.3) is 22.2 Å². The van der Waals surface area contributed by atoms with Crippen LogP contribution in [0.1, 0.15) is 15.9 Å². The van der Waals surface area contributed by atoms with E-state index < -0.39 is 5.97 Å². The second kappa shape index (κ2) is 4.69. The van der Waals surface area contributed by atoms with Gasteiger partial charge >= 0.3 is 5.97 Å². The van der Waals surface area contributed by atoms with Crippen molar-refractivity contribution >= 4 is 28.5 Å². The van der Waals surface area contributed by atoms with Gasteiger partial charge < -0.3 is 10.1 Å². The van der Waals surface area contributed by atoms with Gasteiger partial charge in [-0.05, 0) is 30.7 Å². The van der Waals surface area contributed by atoms with Crippen LogP contribution in [0.3, 0.4) is 0 Å². The SMILES string of the molecule is Cc1ccc(-c2cc3cc(C(=O)O)c(Cl)cc3[nH]2)cc1. The first-order valence-electron chi connectivity index (χ1n) is 6.17. The van der Waals surface area contributed by atoms with Crippen molar-refractivity contribution in [3.05, 3.63) is 58.6 Å². The summed E-state index contributed by atoms with van der Waals surface area (Å²) < 4.78 is 0. The molecule has 0 unspecified atom stereocenters. The van der Waals surface area contributed by atoms with E-state index in [9.17, 15) is 4.79 Å². The highest BCUT2D eigenvalue weighted by molar-refractivity contribution is 6.34. The van der Waals surface area contributed by atoms with E-state index in [1.165, 1.54) is 5.56 Å². The Hall–Kier alpha value is -2.26. The van der Waals surface area contributed by atoms with E-state index in [-0.39, 0.29) is 10.6 Å². The molecule has 0 amide bonds. The molecule has 3 nitrogen and oxygen atoms in total. The van der Waals surface area contributed by atoms with Gasteiger partial charge in [0.1, 0.15) is 0 Å². The van der Waals surface area contributed by atoms with Gasteiger partial charge in [0.2, 0.25) is 0 Å². The molecule has 100 valence electrons. The van der Waals surface area contributed by atoms with E-state index in [1.54, 1.807) is 12.1 Å². The minimum atomic E-state index is -1.02. The first kappa shape index (κ1) is 12.8. The van der Waals surface area contributed by atoms with E-state index in [4.69, 9.17) is 16.7 Å². The first-order valence-corrected chi connectivity index (χ1v) is 6.55. The third kappa shape index (κ3) is 2.17. The Morgan fingerprint density at radius 3 is 2.50 bits per heavy atom. The van der Waals surface area contributed by atoms with Gasteiger partial charge in [-0.1, -0.05) is 41.4 Å². The molecule has 2 aromatic carbocycles. The Morgan fingerprint density at radius 1 is 1.15 bits per heavy atom. The lowest BCUT2D eigenvalue weighted by atomic mass is 10.1. The number of H-pyrrole nitrogens is 1. The van der Waals surface area contributed by atoms with Gasteiger partial charge in [0, 0.05) is 16.6 Å². The number of nitrogens with one attached hydrogen (secondary N) is 1. The molecular formula is C16H12ClNO2. The molecule has 1 aromatic heterocycles. The second-order valence-electron chi connectivity index (χ2n) is 4.77. The molecule has 0 aliphatic rings. The minimum Gasteiger partial charge on any atom is -0.478 e. The van der Waals surface area contributed by atoms with Crippen LogP contribution in [0.5, 0.6) is 0 Å². The lowest BCUT2D eigenvalue weighted by Gasteiger charge is -1.98. The second-order valence-corrected chi connectivity index (χ2v) is 5.18. The molecule has 0 bridgehead atoms. The lowest BCUT2D eigenvalue weighted by Crippen LogP contribution is -1.96. The van der Waals surface area contributed by atoms with E-state index in [1.807, 2.05) is 37.3 Å². The predicted octanol–water partition coefficient (Wildman–Crippen LogP) is 4.49. The molecule has 3 rings (SSSR count). The summed E-state index contributed by atoms with van der Waals surface area (Å²) >= 11 is 5.97. The van der Waals surface area contributed by atoms with Crippen LogP contribution in [-0.2, 0) is 0 Å². The molecule has 0 aliphatic carbocycles. The molecular weight excluding hydrogens is 274 g/mol. The summed E-state index contributed by atoms with van der Waals surface area (Å²) in [6, 6.07) is 13.3. The summed E-state index contributed by atoms with van der Waals surface area (Å²) in [5.74, 6) is -1.02. The maximum absolute atomic E-state index is 11.1. The summed E-state index contributed by atoms with van der Waals surface area (Å²) in [6.45, 7) is 2.04. The number of aromatic nitrogens is 1. The molecule has 0 spiro atoms. The molecule has 2 N–H and O–H groups in total. The molecule has 20 heavy (non-hydrogen) atoms. The van der Waals surface area contributed by atoms with Gasteiger partial charge in [-0.15, -0.1) is 0 Å². The van der Waals surface area contributed by atoms with E-state index in [0.717, 1.165) is 22.2 Å². The third-order valence-corrected chi connectivity index (χ3v) is 3.61. The molecule has 0 fully saturated rings. The fraction of sp³-hybridized carbons (Fsp3) is 0.0625. The van der Waals surface area contributed by atoms with Crippen LogP contribution in [0.15, 0.2) is 42.5 Å². The number of carboxylic acid groups (broad SMARTS) is 1. The summed E-state index contributed by atoms with van der Waals surface area (Å²) in [4.78, 5) is 14.3. The van der Waals surface area contributed by atoms with Crippen molar-refractivity contribution in [1.82, 2.24) is 4.98 Å². The first-order chi connectivity index (χ1) is 9.54. The van der Waals surface area contributed by atoms with Crippen LogP contribution in [-0.4, -0.2) is 16.1 Å². The molecule has 0 atom stereocenters. The average Bonchev–Trinajstić information content (AvgIpc) is 2.81. The normalized spacial score (nSPS) is 10.9. The number of rotatable bonds is 2. The number of hydrogen-bond donors (Lipinski definition) is 2. The molecule has 0 saturated carbocycles. The molecule has 4 heteroatoms. The summed E-state index contributed by atoms with van der Waals surface area (Å²) in [5.41, 5.74) is 4.14. The number of carbonyl (C=O) groups is 1. The lowest BCUT2D eigenvalue weighted by molar-refractivity contribution is 0.0697. The van der Waals surface area contributed by atoms with Crippen LogP contribution < -0.4 is 0 Å². The molecule has 0 saturated heterocycles. The largest absolute Gasteiger partial charge is 0.478 e. The monoisotopic (exact) mass is 285 g/mol. The summed E-state index contributed by atoms with van der Waals surface area (Å²) in [6.07, 6.45) is 0. The molecule has 3 aromatic rings. The average molecular weight is 286 g/mol. The van der Waals surface area contributed by atoms with Crippen LogP contribution in [0, 0.1) is 6.92 Å². The van der Waals surface area contributed by atoms with Crippen molar-refractivity contribution in [1.29, 1.82) is 0 Å². The van der Waals surface area contributed by atoms with Crippen molar-refractivity contribution in [2.75, 3.05) is 0 Å². The van der Waals surface area contributed by atoms with Gasteiger partial charge in [0.25, 0.3) is 0 Å². The third-order valence-electron chi connectivity index (χ3n) is 3.30. The minimum absolute atomic E-state index is 0.119. The van der Waals surface area contributed by atoms with Crippen molar-refractivity contribution in [2.24, 2.45) is 0 Å². The van der Waals surface area contributed by atoms with E-state index in [2.05, 4.69) is 4.98 Å². The smallest absolute Gasteiger partial charge is 0.337 e. The van der Waals surface area contributed by atoms with Crippen LogP contribution >= 0.6 is 11.6 Å². The van der Waals surface area contributed by atoms with Gasteiger partial charge in [-0.3, -0.25) is 0 Å². The van der Waals surface area contributed by atoms with Gasteiger partial charge in [-0.2, -0.15) is 0 Å². The highest BCUT2D eigenvalue weighted by Crippen LogP contribution is 2.28. The Morgan fingerprint density at radius 2 is 1.85 bits per heavy atom. The maximum atomic E-state index is 11.1. The van der Waals surface area contributed by atoms with Crippen molar-refractivity contribution in [3.8, 4) is 11.3 Å². The molecule has 0 radical (unpaired) electrons. The summed E-state index contributed by atoms with van der Waals surface area (Å²) in [7, 11) is 0. The highest BCUT2D eigenvalue weighted by atomic mass is 35.5. The Labute approximate surface area is 120 Å². The number of benzene rings is 2. The number of halogens is 1. The van der Waals surface area contributed by atoms with E-state index in [0.29, 0.717) is 0 Å². The van der Waals surface area contributed by atoms with Gasteiger partial charge in [0.15, 0.2) is 0 Å². The molecule has 1 heterocycles. The number of aromatic carboxylic acids is 1. The highest BCUT2D eigenvalue weighted by Gasteiger charge is 2.12. The standard InChI is InChI=1S/C16H12ClNO2/c1-9-2-4-10(5-3-9)14-7-11-6-12(16(19)20)13(17)8-15(11)18-14/h2-8,18H,1H3,(H,19,20). The van der Waals surface area contributed by atoms with Crippen molar-refractivity contribution in [2.45, 2.75) is 6.92 Å². The topological polar surface area (TPSA) is 53.1 Å². The fourth-order valence-corrected chi connectivity index (χ4v) is 2.45. The van der Waals surface area contributed by atoms with Crippen molar-refractivity contribution in [3.63, 3.8) is 0 Å². The van der Waals surface area contributed by atoms with Gasteiger partial charge in [-0.25, -0.2) is 4.79 Å². The molecule has 0 aliphatic heterocycles. The predicted molar refractivity (Wildman–Crippen MR) is 80.4 cm³/mol. The van der Waals surface area contributed by atoms with Gasteiger partial charge in [0.05, 0.1) is 10.6 Å². The zero-order valence-corrected chi connectivity index (χ0v) is 11.5. The Bertz CT molecular complexity index is 803. The maximum Gasteiger partial charge on any atom is 0.337 e. The number of fused-ring (bicyclic) bond motifs is 1. The number of carboxylic acids is 1. The zero-order valence-electron chi connectivity index (χ0n) is 10.8. The van der Waals surface area contributed by atoms with Crippen LogP contribution in [0.2, 0.25) is 5.02 Å². The Balaban J connectivity index is 2.15.